The molecule has 1 saturated carbocycles. The van der Waals surface area contributed by atoms with Crippen LogP contribution >= 0.6 is 0 Å². The van der Waals surface area contributed by atoms with Crippen LogP contribution in [-0.4, -0.2) is 45.8 Å². The van der Waals surface area contributed by atoms with E-state index >= 15 is 0 Å². The van der Waals surface area contributed by atoms with E-state index < -0.39 is 0 Å². The van der Waals surface area contributed by atoms with Crippen LogP contribution in [0.1, 0.15) is 6.42 Å². The SMILES string of the molecule is Nc1nc(N2CCOCC2)c2ncn(CC3[CH]C3)c2n1. The molecule has 0 bridgehead atoms. The van der Waals surface area contributed by atoms with E-state index in [-0.39, 0.29) is 0 Å². The van der Waals surface area contributed by atoms with Gasteiger partial charge in [-0.15, -0.1) is 0 Å². The number of nitrogen functional groups attached to an aromatic ring is 1. The predicted octanol–water partition coefficient (Wildman–Crippen LogP) is 0.469. The second kappa shape index (κ2) is 4.59. The molecule has 2 N–H and O–H groups in total. The van der Waals surface area contributed by atoms with Gasteiger partial charge in [0.15, 0.2) is 17.0 Å². The first kappa shape index (κ1) is 11.9. The molecule has 0 aromatic carbocycles. The van der Waals surface area contributed by atoms with Crippen molar-refractivity contribution in [1.82, 2.24) is 19.5 Å². The molecular formula is C13H17N6O. The number of anilines is 2. The van der Waals surface area contributed by atoms with Gasteiger partial charge in [-0.2, -0.15) is 9.97 Å². The van der Waals surface area contributed by atoms with E-state index in [1.165, 1.54) is 6.42 Å². The molecule has 1 aliphatic heterocycles. The number of imidazole rings is 1. The van der Waals surface area contributed by atoms with Crippen molar-refractivity contribution in [2.75, 3.05) is 36.9 Å². The van der Waals surface area contributed by atoms with Gasteiger partial charge in [0.25, 0.3) is 0 Å². The molecule has 0 amide bonds. The Morgan fingerprint density at radius 2 is 2.10 bits per heavy atom. The molecule has 2 aliphatic rings. The number of aromatic nitrogens is 4. The topological polar surface area (TPSA) is 82.1 Å². The Kier molecular flexibility index (Phi) is 2.73. The van der Waals surface area contributed by atoms with Crippen LogP contribution in [0.15, 0.2) is 6.33 Å². The Balaban J connectivity index is 1.77. The Bertz CT molecular complexity index is 629. The first-order valence-electron chi connectivity index (χ1n) is 6.95. The van der Waals surface area contributed by atoms with Crippen molar-refractivity contribution in [2.24, 2.45) is 5.92 Å². The molecule has 20 heavy (non-hydrogen) atoms. The molecule has 7 nitrogen and oxygen atoms in total. The average Bonchev–Trinajstić information content (AvgIpc) is 3.20. The van der Waals surface area contributed by atoms with Crippen molar-refractivity contribution in [3.8, 4) is 0 Å². The van der Waals surface area contributed by atoms with Gasteiger partial charge in [0.05, 0.1) is 19.5 Å². The zero-order chi connectivity index (χ0) is 13.5. The highest BCUT2D eigenvalue weighted by atomic mass is 16.5. The first-order chi connectivity index (χ1) is 9.81. The first-order valence-corrected chi connectivity index (χ1v) is 6.95. The Morgan fingerprint density at radius 3 is 2.85 bits per heavy atom. The second-order valence-electron chi connectivity index (χ2n) is 5.31. The summed E-state index contributed by atoms with van der Waals surface area (Å²) in [5.74, 6) is 1.78. The van der Waals surface area contributed by atoms with E-state index in [1.54, 1.807) is 0 Å². The van der Waals surface area contributed by atoms with Crippen LogP contribution in [0.25, 0.3) is 11.2 Å². The van der Waals surface area contributed by atoms with Crippen molar-refractivity contribution in [2.45, 2.75) is 13.0 Å². The lowest BCUT2D eigenvalue weighted by Gasteiger charge is -2.27. The maximum Gasteiger partial charge on any atom is 0.224 e. The van der Waals surface area contributed by atoms with Crippen LogP contribution in [0.4, 0.5) is 11.8 Å². The molecule has 1 unspecified atom stereocenters. The fourth-order valence-electron chi connectivity index (χ4n) is 2.57. The third-order valence-electron chi connectivity index (χ3n) is 3.77. The van der Waals surface area contributed by atoms with E-state index in [9.17, 15) is 0 Å². The fraction of sp³-hybridized carbons (Fsp3) is 0.538. The highest BCUT2D eigenvalue weighted by molar-refractivity contribution is 5.84. The summed E-state index contributed by atoms with van der Waals surface area (Å²) in [7, 11) is 0. The molecule has 1 aliphatic carbocycles. The molecule has 2 fully saturated rings. The van der Waals surface area contributed by atoms with Crippen molar-refractivity contribution < 1.29 is 4.74 Å². The summed E-state index contributed by atoms with van der Waals surface area (Å²) in [6.07, 6.45) is 5.31. The summed E-state index contributed by atoms with van der Waals surface area (Å²) in [4.78, 5) is 15.4. The van der Waals surface area contributed by atoms with Crippen molar-refractivity contribution >= 4 is 22.9 Å². The molecule has 2 aromatic heterocycles. The third kappa shape index (κ3) is 2.07. The number of rotatable bonds is 3. The standard InChI is InChI=1S/C13H17N6O/c14-13-16-11(18-3-5-20-6-4-18)10-12(17-13)19(8-15-10)7-9-1-2-9/h1,8-9H,2-7H2,(H2,14,16,17). The Hall–Kier alpha value is -1.89. The van der Waals surface area contributed by atoms with Gasteiger partial charge in [0.2, 0.25) is 5.95 Å². The van der Waals surface area contributed by atoms with Crippen LogP contribution in [0, 0.1) is 12.3 Å². The van der Waals surface area contributed by atoms with Gasteiger partial charge < -0.3 is 19.9 Å². The Labute approximate surface area is 116 Å². The maximum atomic E-state index is 5.88. The zero-order valence-electron chi connectivity index (χ0n) is 11.2. The number of hydrogen-bond acceptors (Lipinski definition) is 6. The molecule has 2 aromatic rings. The lowest BCUT2D eigenvalue weighted by atomic mass is 10.3. The molecule has 1 radical (unpaired) electrons. The number of fused-ring (bicyclic) bond motifs is 1. The lowest BCUT2D eigenvalue weighted by Crippen LogP contribution is -2.37. The summed E-state index contributed by atoms with van der Waals surface area (Å²) < 4.78 is 7.46. The van der Waals surface area contributed by atoms with Gasteiger partial charge >= 0.3 is 0 Å². The molecular weight excluding hydrogens is 256 g/mol. The molecule has 4 rings (SSSR count). The summed E-state index contributed by atoms with van der Waals surface area (Å²) in [5, 5.41) is 0. The van der Waals surface area contributed by atoms with Gasteiger partial charge in [-0.25, -0.2) is 4.98 Å². The van der Waals surface area contributed by atoms with Crippen LogP contribution in [0.5, 0.6) is 0 Å². The average molecular weight is 273 g/mol. The zero-order valence-corrected chi connectivity index (χ0v) is 11.2. The van der Waals surface area contributed by atoms with Gasteiger partial charge in [-0.05, 0) is 18.8 Å². The largest absolute Gasteiger partial charge is 0.378 e. The summed E-state index contributed by atoms with van der Waals surface area (Å²) in [5.41, 5.74) is 7.54. The quantitative estimate of drug-likeness (QED) is 0.875. The van der Waals surface area contributed by atoms with Crippen molar-refractivity contribution in [3.63, 3.8) is 0 Å². The number of nitrogens with zero attached hydrogens (tertiary/aromatic N) is 5. The van der Waals surface area contributed by atoms with E-state index in [0.717, 1.165) is 36.6 Å². The van der Waals surface area contributed by atoms with E-state index in [4.69, 9.17) is 10.5 Å². The minimum absolute atomic E-state index is 0.306. The van der Waals surface area contributed by atoms with E-state index in [2.05, 4.69) is 30.8 Å². The van der Waals surface area contributed by atoms with Crippen LogP contribution in [0.2, 0.25) is 0 Å². The highest BCUT2D eigenvalue weighted by Crippen LogP contribution is 2.31. The van der Waals surface area contributed by atoms with E-state index in [1.807, 2.05) is 6.33 Å². The third-order valence-corrected chi connectivity index (χ3v) is 3.77. The normalized spacial score (nSPS) is 19.7. The molecule has 3 heterocycles. The van der Waals surface area contributed by atoms with Crippen molar-refractivity contribution in [3.05, 3.63) is 12.7 Å². The highest BCUT2D eigenvalue weighted by Gasteiger charge is 2.25. The molecule has 1 saturated heterocycles. The number of hydrogen-bond donors (Lipinski definition) is 1. The fourth-order valence-corrected chi connectivity index (χ4v) is 2.57. The maximum absolute atomic E-state index is 5.88. The second-order valence-corrected chi connectivity index (χ2v) is 5.31. The number of nitrogens with two attached hydrogens (primary N) is 1. The van der Waals surface area contributed by atoms with Crippen LogP contribution in [-0.2, 0) is 11.3 Å². The van der Waals surface area contributed by atoms with Gasteiger partial charge in [0, 0.05) is 19.6 Å². The minimum atomic E-state index is 0.306. The Morgan fingerprint density at radius 1 is 1.30 bits per heavy atom. The van der Waals surface area contributed by atoms with Crippen molar-refractivity contribution in [1.29, 1.82) is 0 Å². The van der Waals surface area contributed by atoms with E-state index in [0.29, 0.717) is 25.1 Å². The molecule has 1 atom stereocenters. The predicted molar refractivity (Wildman–Crippen MR) is 75.2 cm³/mol. The smallest absolute Gasteiger partial charge is 0.224 e. The van der Waals surface area contributed by atoms with Gasteiger partial charge in [-0.3, -0.25) is 0 Å². The van der Waals surface area contributed by atoms with Crippen LogP contribution < -0.4 is 10.6 Å². The summed E-state index contributed by atoms with van der Waals surface area (Å²) in [6, 6.07) is 0. The van der Waals surface area contributed by atoms with Gasteiger partial charge in [0.1, 0.15) is 0 Å². The number of ether oxygens (including phenoxy) is 1. The monoisotopic (exact) mass is 273 g/mol. The minimum Gasteiger partial charge on any atom is -0.378 e. The van der Waals surface area contributed by atoms with Gasteiger partial charge in [-0.1, -0.05) is 0 Å². The lowest BCUT2D eigenvalue weighted by molar-refractivity contribution is 0.122. The number of morpholine rings is 1. The summed E-state index contributed by atoms with van der Waals surface area (Å²) in [6.45, 7) is 3.98. The summed E-state index contributed by atoms with van der Waals surface area (Å²) >= 11 is 0. The molecule has 0 spiro atoms. The molecule has 105 valence electrons. The van der Waals surface area contributed by atoms with Crippen LogP contribution in [0.3, 0.4) is 0 Å². The molecule has 7 heteroatoms.